The van der Waals surface area contributed by atoms with Gasteiger partial charge in [-0.2, -0.15) is 0 Å². The summed E-state index contributed by atoms with van der Waals surface area (Å²) in [6.45, 7) is 11.3. The van der Waals surface area contributed by atoms with Crippen LogP contribution in [0.3, 0.4) is 0 Å². The third-order valence-corrected chi connectivity index (χ3v) is 19.2. The maximum atomic E-state index is 7.25. The van der Waals surface area contributed by atoms with Crippen LogP contribution in [0.4, 0.5) is 0 Å². The van der Waals surface area contributed by atoms with Gasteiger partial charge < -0.3 is 26.5 Å². The van der Waals surface area contributed by atoms with Gasteiger partial charge >= 0.3 is 0 Å². The number of hydrogen-bond acceptors (Lipinski definition) is 4. The van der Waals surface area contributed by atoms with Crippen molar-refractivity contribution in [2.24, 2.45) is 0 Å². The fourth-order valence-electron chi connectivity index (χ4n) is 15.9. The standard InChI is InChI=1S/C78H48N2O4/c1-38(2)67-40(4)31-44(32-41(67)5)46-36-61-51-22-26-54-48-14-6-8-17-63(48)81-75(54)71(51)79-70(61)62(37-46)52-23-27-56-58-33-43(20-29-65(58)83-77(56)73(52)79)47-16-11-19-66-68(47)57-28-24-53-60-35-45(42-13-10-12-39(3)30-42)34-59-50-21-25-55-49-15-7-9-18-64(49)82-76(55)72(50)80(69(59)60)74(53)78(57)84-66/h6-38H,1-5H3. The Bertz CT molecular complexity index is 6340. The summed E-state index contributed by atoms with van der Waals surface area (Å²) in [6, 6.07) is 71.3. The van der Waals surface area contributed by atoms with Crippen molar-refractivity contribution in [1.29, 1.82) is 0 Å². The number of para-hydroxylation sites is 2. The first-order valence-electron chi connectivity index (χ1n) is 29.2. The zero-order chi connectivity index (χ0) is 55.3. The molecule has 0 N–H and O–H groups in total. The van der Waals surface area contributed by atoms with Crippen molar-refractivity contribution in [2.45, 2.75) is 40.5 Å². The molecule has 6 heteroatoms. The van der Waals surface area contributed by atoms with Crippen LogP contribution < -0.4 is 0 Å². The Balaban J connectivity index is 0.836. The van der Waals surface area contributed by atoms with E-state index in [1.807, 2.05) is 0 Å². The molecule has 12 aromatic carbocycles. The van der Waals surface area contributed by atoms with Crippen molar-refractivity contribution in [3.8, 4) is 33.4 Å². The minimum absolute atomic E-state index is 0.445. The second-order valence-corrected chi connectivity index (χ2v) is 24.2. The molecule has 0 bridgehead atoms. The Morgan fingerprint density at radius 1 is 0.286 bits per heavy atom. The summed E-state index contributed by atoms with van der Waals surface area (Å²) >= 11 is 0. The number of furan rings is 4. The number of hydrogen-bond donors (Lipinski definition) is 0. The summed E-state index contributed by atoms with van der Waals surface area (Å²) in [6.07, 6.45) is 0. The summed E-state index contributed by atoms with van der Waals surface area (Å²) in [7, 11) is 0. The molecule has 20 aromatic rings. The van der Waals surface area contributed by atoms with Crippen LogP contribution in [0.25, 0.3) is 197 Å². The smallest absolute Gasteiger partial charge is 0.160 e. The highest BCUT2D eigenvalue weighted by Crippen LogP contribution is 2.52. The zero-order valence-corrected chi connectivity index (χ0v) is 46.6. The SMILES string of the molecule is Cc1cccc(-c2cc3c4ccc5c6ccccc6oc5c4n4c3c(c2)c2ccc3c(oc5cccc(-c6ccc7oc8c(ccc9c%10cc(-c%11cc(C)c(C(C)C)c(C)c%11)cc%11c%12ccc%13c%14ccccc%14oc%13c%12n(c%11%10)c98)c7c6)c53)c24)c1. The summed E-state index contributed by atoms with van der Waals surface area (Å²) in [4.78, 5) is 0. The lowest BCUT2D eigenvalue weighted by atomic mass is 9.89. The summed E-state index contributed by atoms with van der Waals surface area (Å²) in [5, 5.41) is 18.1. The third kappa shape index (κ3) is 5.56. The quantitative estimate of drug-likeness (QED) is 0.176. The van der Waals surface area contributed by atoms with E-state index in [2.05, 4.69) is 238 Å². The lowest BCUT2D eigenvalue weighted by Gasteiger charge is -2.16. The molecular weight excluding hydrogens is 1030 g/mol. The Morgan fingerprint density at radius 2 is 0.702 bits per heavy atom. The molecule has 0 aliphatic rings. The summed E-state index contributed by atoms with van der Waals surface area (Å²) < 4.78 is 33.2. The molecule has 0 radical (unpaired) electrons. The topological polar surface area (TPSA) is 61.4 Å². The molecule has 0 spiro atoms. The number of aromatic nitrogens is 2. The highest BCUT2D eigenvalue weighted by Gasteiger charge is 2.29. The van der Waals surface area contributed by atoms with Crippen LogP contribution in [0, 0.1) is 20.8 Å². The Labute approximate surface area is 478 Å². The Hall–Kier alpha value is -10.6. The van der Waals surface area contributed by atoms with Crippen LogP contribution >= 0.6 is 0 Å². The van der Waals surface area contributed by atoms with E-state index in [0.717, 1.165) is 142 Å². The predicted molar refractivity (Wildman–Crippen MR) is 349 cm³/mol. The van der Waals surface area contributed by atoms with Crippen molar-refractivity contribution in [3.63, 3.8) is 0 Å². The van der Waals surface area contributed by atoms with Gasteiger partial charge in [-0.1, -0.05) is 135 Å². The molecule has 8 heterocycles. The van der Waals surface area contributed by atoms with Crippen LogP contribution in [-0.2, 0) is 0 Å². The first-order chi connectivity index (χ1) is 41.2. The van der Waals surface area contributed by atoms with Gasteiger partial charge in [0.05, 0.1) is 33.1 Å². The normalized spacial score (nSPS) is 12.9. The molecule has 0 saturated carbocycles. The molecule has 0 aliphatic carbocycles. The summed E-state index contributed by atoms with van der Waals surface area (Å²) in [5.41, 5.74) is 25.7. The molecule has 0 amide bonds. The van der Waals surface area contributed by atoms with Gasteiger partial charge in [0.25, 0.3) is 0 Å². The minimum atomic E-state index is 0.445. The average molecular weight is 1080 g/mol. The first kappa shape index (κ1) is 45.1. The van der Waals surface area contributed by atoms with Gasteiger partial charge in [0.1, 0.15) is 22.3 Å². The van der Waals surface area contributed by atoms with Crippen molar-refractivity contribution in [1.82, 2.24) is 8.80 Å². The molecule has 20 rings (SSSR count). The van der Waals surface area contributed by atoms with E-state index in [-0.39, 0.29) is 0 Å². The number of benzene rings is 12. The van der Waals surface area contributed by atoms with E-state index in [1.165, 1.54) is 77.1 Å². The fraction of sp³-hybridized carbons (Fsp3) is 0.0769. The van der Waals surface area contributed by atoms with E-state index < -0.39 is 0 Å². The van der Waals surface area contributed by atoms with Crippen molar-refractivity contribution < 1.29 is 17.7 Å². The van der Waals surface area contributed by atoms with Gasteiger partial charge in [-0.05, 0) is 156 Å². The zero-order valence-electron chi connectivity index (χ0n) is 46.6. The highest BCUT2D eigenvalue weighted by atomic mass is 16.3. The van der Waals surface area contributed by atoms with E-state index in [1.54, 1.807) is 0 Å². The van der Waals surface area contributed by atoms with Gasteiger partial charge in [-0.3, -0.25) is 0 Å². The number of aryl methyl sites for hydroxylation is 3. The molecule has 84 heavy (non-hydrogen) atoms. The summed E-state index contributed by atoms with van der Waals surface area (Å²) in [5.74, 6) is 0.445. The molecule has 8 aromatic heterocycles. The van der Waals surface area contributed by atoms with Gasteiger partial charge in [0, 0.05) is 86.2 Å². The van der Waals surface area contributed by atoms with Gasteiger partial charge in [0.15, 0.2) is 22.3 Å². The molecule has 0 unspecified atom stereocenters. The molecule has 0 aliphatic heterocycles. The monoisotopic (exact) mass is 1080 g/mol. The number of fused-ring (bicyclic) bond motifs is 28. The number of nitrogens with zero attached hydrogens (tertiary/aromatic N) is 2. The van der Waals surface area contributed by atoms with Gasteiger partial charge in [-0.15, -0.1) is 0 Å². The Kier molecular flexibility index (Phi) is 8.32. The second-order valence-electron chi connectivity index (χ2n) is 24.2. The van der Waals surface area contributed by atoms with E-state index in [9.17, 15) is 0 Å². The van der Waals surface area contributed by atoms with Crippen LogP contribution in [0.5, 0.6) is 0 Å². The predicted octanol–water partition coefficient (Wildman–Crippen LogP) is 22.6. The van der Waals surface area contributed by atoms with Crippen molar-refractivity contribution in [2.75, 3.05) is 0 Å². The second kappa shape index (κ2) is 15.5. The van der Waals surface area contributed by atoms with E-state index >= 15 is 0 Å². The van der Waals surface area contributed by atoms with Crippen LogP contribution in [0.1, 0.15) is 42.0 Å². The largest absolute Gasteiger partial charge is 0.454 e. The molecule has 0 fully saturated rings. The molecule has 0 saturated heterocycles. The van der Waals surface area contributed by atoms with Crippen LogP contribution in [0.2, 0.25) is 0 Å². The van der Waals surface area contributed by atoms with Crippen LogP contribution in [0.15, 0.2) is 212 Å². The number of rotatable bonds is 4. The molecular formula is C78H48N2O4. The molecule has 0 atom stereocenters. The first-order valence-corrected chi connectivity index (χ1v) is 29.2. The highest BCUT2D eigenvalue weighted by molar-refractivity contribution is 6.34. The van der Waals surface area contributed by atoms with Gasteiger partial charge in [-0.25, -0.2) is 0 Å². The maximum Gasteiger partial charge on any atom is 0.160 e. The average Bonchev–Trinajstić information content (AvgIpc) is 2.67. The van der Waals surface area contributed by atoms with E-state index in [0.29, 0.717) is 5.92 Å². The maximum absolute atomic E-state index is 7.25. The van der Waals surface area contributed by atoms with Crippen molar-refractivity contribution in [3.05, 3.63) is 216 Å². The lowest BCUT2D eigenvalue weighted by molar-refractivity contribution is 0.669. The Morgan fingerprint density at radius 3 is 1.24 bits per heavy atom. The van der Waals surface area contributed by atoms with Crippen molar-refractivity contribution >= 4 is 164 Å². The molecule has 6 nitrogen and oxygen atoms in total. The molecule has 394 valence electrons. The fourth-order valence-corrected chi connectivity index (χ4v) is 15.9. The van der Waals surface area contributed by atoms with Gasteiger partial charge in [0.2, 0.25) is 0 Å². The third-order valence-electron chi connectivity index (χ3n) is 19.2. The lowest BCUT2D eigenvalue weighted by Crippen LogP contribution is -1.97. The van der Waals surface area contributed by atoms with E-state index in [4.69, 9.17) is 17.7 Å². The van der Waals surface area contributed by atoms with Crippen LogP contribution in [-0.4, -0.2) is 8.80 Å². The minimum Gasteiger partial charge on any atom is -0.454 e.